The van der Waals surface area contributed by atoms with Gasteiger partial charge in [-0.05, 0) is 25.2 Å². The van der Waals surface area contributed by atoms with Crippen LogP contribution in [-0.4, -0.2) is 32.5 Å². The van der Waals surface area contributed by atoms with Crippen molar-refractivity contribution in [3.8, 4) is 5.75 Å². The molecule has 0 amide bonds. The zero-order chi connectivity index (χ0) is 15.3. The van der Waals surface area contributed by atoms with Crippen LogP contribution in [0.25, 0.3) is 0 Å². The van der Waals surface area contributed by atoms with Crippen LogP contribution in [0.2, 0.25) is 0 Å². The normalized spacial score (nSPS) is 11.5. The van der Waals surface area contributed by atoms with Gasteiger partial charge in [-0.25, -0.2) is 18.1 Å². The van der Waals surface area contributed by atoms with Crippen LogP contribution in [0.5, 0.6) is 5.75 Å². The molecule has 2 aromatic rings. The van der Waals surface area contributed by atoms with Crippen molar-refractivity contribution in [2.45, 2.75) is 18.0 Å². The van der Waals surface area contributed by atoms with E-state index in [1.165, 1.54) is 12.4 Å². The van der Waals surface area contributed by atoms with Gasteiger partial charge in [0.05, 0.1) is 24.9 Å². The Labute approximate surface area is 123 Å². The molecule has 7 nitrogen and oxygen atoms in total. The van der Waals surface area contributed by atoms with Crippen molar-refractivity contribution in [3.63, 3.8) is 0 Å². The average Bonchev–Trinajstić information content (AvgIpc) is 2.99. The Morgan fingerprint density at radius 2 is 2.14 bits per heavy atom. The Morgan fingerprint density at radius 1 is 1.33 bits per heavy atom. The molecule has 0 fully saturated rings. The van der Waals surface area contributed by atoms with Crippen LogP contribution in [-0.2, 0) is 23.1 Å². The minimum absolute atomic E-state index is 0.162. The number of hydrogen-bond donors (Lipinski definition) is 3. The summed E-state index contributed by atoms with van der Waals surface area (Å²) in [6, 6.07) is 4.77. The largest absolute Gasteiger partial charge is 0.496 e. The molecule has 8 heteroatoms. The van der Waals surface area contributed by atoms with Crippen molar-refractivity contribution in [2.24, 2.45) is 0 Å². The number of sulfonamides is 1. The minimum atomic E-state index is -3.58. The zero-order valence-electron chi connectivity index (χ0n) is 11.9. The van der Waals surface area contributed by atoms with Gasteiger partial charge in [0.2, 0.25) is 10.0 Å². The molecule has 1 heterocycles. The third-order valence-electron chi connectivity index (χ3n) is 2.94. The standard InChI is InChI=1S/C13H18N4O3S/c1-14-6-10-5-12(3-4-13(10)20-2)21(18,19)17-8-11-7-15-9-16-11/h3-5,7,9,14,17H,6,8H2,1-2H3,(H,15,16). The van der Waals surface area contributed by atoms with Crippen LogP contribution in [0.15, 0.2) is 35.6 Å². The molecule has 0 aliphatic carbocycles. The van der Waals surface area contributed by atoms with Gasteiger partial charge < -0.3 is 15.0 Å². The SMILES string of the molecule is CNCc1cc(S(=O)(=O)NCc2cnc[nH]2)ccc1OC. The highest BCUT2D eigenvalue weighted by molar-refractivity contribution is 7.89. The van der Waals surface area contributed by atoms with Crippen LogP contribution >= 0.6 is 0 Å². The number of benzene rings is 1. The lowest BCUT2D eigenvalue weighted by atomic mass is 10.2. The molecule has 0 spiro atoms. The maximum absolute atomic E-state index is 12.3. The number of imidazole rings is 1. The Morgan fingerprint density at radius 3 is 2.76 bits per heavy atom. The number of rotatable bonds is 7. The molecule has 0 radical (unpaired) electrons. The molecular weight excluding hydrogens is 292 g/mol. The molecule has 3 N–H and O–H groups in total. The van der Waals surface area contributed by atoms with Crippen LogP contribution in [0.3, 0.4) is 0 Å². The summed E-state index contributed by atoms with van der Waals surface area (Å²) in [5.41, 5.74) is 1.48. The second kappa shape index (κ2) is 6.70. The molecule has 1 aromatic carbocycles. The fourth-order valence-corrected chi connectivity index (χ4v) is 2.94. The first-order valence-electron chi connectivity index (χ1n) is 6.35. The summed E-state index contributed by atoms with van der Waals surface area (Å²) in [6.07, 6.45) is 3.07. The van der Waals surface area contributed by atoms with E-state index in [9.17, 15) is 8.42 Å². The summed E-state index contributed by atoms with van der Waals surface area (Å²) in [4.78, 5) is 6.89. The molecule has 2 rings (SSSR count). The number of methoxy groups -OCH3 is 1. The molecule has 0 unspecified atom stereocenters. The lowest BCUT2D eigenvalue weighted by molar-refractivity contribution is 0.408. The quantitative estimate of drug-likeness (QED) is 0.696. The molecule has 114 valence electrons. The number of nitrogens with one attached hydrogen (secondary N) is 3. The predicted molar refractivity (Wildman–Crippen MR) is 78.4 cm³/mol. The van der Waals surface area contributed by atoms with Crippen LogP contribution in [0.4, 0.5) is 0 Å². The molecule has 0 saturated heterocycles. The second-order valence-corrected chi connectivity index (χ2v) is 6.17. The van der Waals surface area contributed by atoms with E-state index in [1.807, 2.05) is 0 Å². The number of aromatic nitrogens is 2. The molecule has 0 atom stereocenters. The van der Waals surface area contributed by atoms with E-state index in [1.54, 1.807) is 32.5 Å². The summed E-state index contributed by atoms with van der Waals surface area (Å²) in [5.74, 6) is 0.650. The monoisotopic (exact) mass is 310 g/mol. The van der Waals surface area contributed by atoms with Gasteiger partial charge in [0.15, 0.2) is 0 Å². The molecule has 0 saturated carbocycles. The van der Waals surface area contributed by atoms with E-state index in [4.69, 9.17) is 4.74 Å². The third kappa shape index (κ3) is 3.81. The fraction of sp³-hybridized carbons (Fsp3) is 0.308. The van der Waals surface area contributed by atoms with E-state index < -0.39 is 10.0 Å². The number of H-pyrrole nitrogens is 1. The van der Waals surface area contributed by atoms with Gasteiger partial charge in [-0.15, -0.1) is 0 Å². The predicted octanol–water partition coefficient (Wildman–Crippen LogP) is 0.616. The van der Waals surface area contributed by atoms with Crippen molar-refractivity contribution in [3.05, 3.63) is 42.0 Å². The lowest BCUT2D eigenvalue weighted by Gasteiger charge is -2.11. The highest BCUT2D eigenvalue weighted by atomic mass is 32.2. The number of hydrogen-bond acceptors (Lipinski definition) is 5. The smallest absolute Gasteiger partial charge is 0.240 e. The van der Waals surface area contributed by atoms with Crippen LogP contribution < -0.4 is 14.8 Å². The summed E-state index contributed by atoms with van der Waals surface area (Å²) < 4.78 is 32.3. The number of nitrogens with zero attached hydrogens (tertiary/aromatic N) is 1. The first-order chi connectivity index (χ1) is 10.1. The van der Waals surface area contributed by atoms with Gasteiger partial charge in [-0.3, -0.25) is 0 Å². The maximum atomic E-state index is 12.3. The first kappa shape index (κ1) is 15.5. The Hall–Kier alpha value is -1.90. The van der Waals surface area contributed by atoms with Crippen LogP contribution in [0.1, 0.15) is 11.3 Å². The van der Waals surface area contributed by atoms with Gasteiger partial charge in [0, 0.05) is 24.0 Å². The highest BCUT2D eigenvalue weighted by Gasteiger charge is 2.16. The van der Waals surface area contributed by atoms with Crippen molar-refractivity contribution in [1.82, 2.24) is 20.0 Å². The Kier molecular flexibility index (Phi) is 4.94. The topological polar surface area (TPSA) is 96.1 Å². The second-order valence-electron chi connectivity index (χ2n) is 4.41. The third-order valence-corrected chi connectivity index (χ3v) is 4.34. The van der Waals surface area contributed by atoms with Gasteiger partial charge in [0.1, 0.15) is 5.75 Å². The molecule has 0 aliphatic heterocycles. The van der Waals surface area contributed by atoms with Crippen molar-refractivity contribution in [2.75, 3.05) is 14.2 Å². The summed E-state index contributed by atoms with van der Waals surface area (Å²) >= 11 is 0. The van der Waals surface area contributed by atoms with E-state index in [-0.39, 0.29) is 11.4 Å². The van der Waals surface area contributed by atoms with Crippen molar-refractivity contribution >= 4 is 10.0 Å². The number of aromatic amines is 1. The molecule has 1 aromatic heterocycles. The molecule has 0 aliphatic rings. The molecule has 0 bridgehead atoms. The maximum Gasteiger partial charge on any atom is 0.240 e. The fourth-order valence-electron chi connectivity index (χ4n) is 1.89. The summed E-state index contributed by atoms with van der Waals surface area (Å²) in [5, 5.41) is 2.98. The van der Waals surface area contributed by atoms with E-state index in [0.717, 1.165) is 5.56 Å². The van der Waals surface area contributed by atoms with Gasteiger partial charge >= 0.3 is 0 Å². The van der Waals surface area contributed by atoms with Gasteiger partial charge in [-0.1, -0.05) is 0 Å². The summed E-state index contributed by atoms with van der Waals surface area (Å²) in [7, 11) is -0.240. The number of ether oxygens (including phenoxy) is 1. The highest BCUT2D eigenvalue weighted by Crippen LogP contribution is 2.22. The lowest BCUT2D eigenvalue weighted by Crippen LogP contribution is -2.23. The van der Waals surface area contributed by atoms with Gasteiger partial charge in [0.25, 0.3) is 0 Å². The van der Waals surface area contributed by atoms with Crippen LogP contribution in [0, 0.1) is 0 Å². The summed E-state index contributed by atoms with van der Waals surface area (Å²) in [6.45, 7) is 0.683. The van der Waals surface area contributed by atoms with Gasteiger partial charge in [-0.2, -0.15) is 0 Å². The first-order valence-corrected chi connectivity index (χ1v) is 7.83. The zero-order valence-corrected chi connectivity index (χ0v) is 12.7. The van der Waals surface area contributed by atoms with Crippen molar-refractivity contribution in [1.29, 1.82) is 0 Å². The van der Waals surface area contributed by atoms with E-state index in [2.05, 4.69) is 20.0 Å². The Balaban J connectivity index is 2.20. The Bertz CT molecular complexity index is 683. The van der Waals surface area contributed by atoms with E-state index in [0.29, 0.717) is 18.0 Å². The van der Waals surface area contributed by atoms with E-state index >= 15 is 0 Å². The molecular formula is C13H18N4O3S. The average molecular weight is 310 g/mol. The molecule has 21 heavy (non-hydrogen) atoms. The minimum Gasteiger partial charge on any atom is -0.496 e. The van der Waals surface area contributed by atoms with Crippen molar-refractivity contribution < 1.29 is 13.2 Å².